The molecule has 1 aliphatic heterocycles. The summed E-state index contributed by atoms with van der Waals surface area (Å²) in [7, 11) is 0. The van der Waals surface area contributed by atoms with Gasteiger partial charge in [0.25, 0.3) is 5.91 Å². The van der Waals surface area contributed by atoms with Crippen molar-refractivity contribution in [1.29, 1.82) is 0 Å². The number of nitrogens with one attached hydrogen (secondary N) is 1. The lowest BCUT2D eigenvalue weighted by molar-refractivity contribution is -0.132. The Hall–Kier alpha value is -2.76. The van der Waals surface area contributed by atoms with E-state index in [1.807, 2.05) is 35.2 Å². The van der Waals surface area contributed by atoms with Gasteiger partial charge in [0.2, 0.25) is 5.91 Å². The standard InChI is InChI=1S/C19H22N4O2/c1-14-20-10-9-16(21-14)18(24)22-17(13-15-7-3-2-4-8-15)19(25)23-11-5-6-12-23/h2-4,7-10,17H,5-6,11-13H2,1H3,(H,22,24)/t17-/m1/s1. The van der Waals surface area contributed by atoms with E-state index in [9.17, 15) is 9.59 Å². The van der Waals surface area contributed by atoms with E-state index in [-0.39, 0.29) is 17.5 Å². The molecule has 6 nitrogen and oxygen atoms in total. The second-order valence-electron chi connectivity index (χ2n) is 6.24. The molecule has 0 unspecified atom stereocenters. The van der Waals surface area contributed by atoms with Crippen molar-refractivity contribution in [2.24, 2.45) is 0 Å². The number of carbonyl (C=O) groups is 2. The molecule has 0 spiro atoms. The molecular formula is C19H22N4O2. The quantitative estimate of drug-likeness (QED) is 0.901. The summed E-state index contributed by atoms with van der Waals surface area (Å²) in [6.45, 7) is 3.24. The largest absolute Gasteiger partial charge is 0.341 e. The minimum Gasteiger partial charge on any atom is -0.341 e. The Labute approximate surface area is 147 Å². The third-order valence-corrected chi connectivity index (χ3v) is 4.31. The Kier molecular flexibility index (Phi) is 5.38. The predicted octanol–water partition coefficient (Wildman–Crippen LogP) is 1.75. The zero-order chi connectivity index (χ0) is 17.6. The molecule has 2 amide bonds. The molecule has 0 bridgehead atoms. The van der Waals surface area contributed by atoms with E-state index in [0.717, 1.165) is 31.5 Å². The van der Waals surface area contributed by atoms with Crippen LogP contribution < -0.4 is 5.32 Å². The van der Waals surface area contributed by atoms with E-state index in [0.29, 0.717) is 12.2 Å². The van der Waals surface area contributed by atoms with Crippen LogP contribution in [0.4, 0.5) is 0 Å². The first-order valence-electron chi connectivity index (χ1n) is 8.57. The summed E-state index contributed by atoms with van der Waals surface area (Å²) < 4.78 is 0. The van der Waals surface area contributed by atoms with E-state index in [1.165, 1.54) is 0 Å². The van der Waals surface area contributed by atoms with Crippen molar-refractivity contribution in [3.63, 3.8) is 0 Å². The van der Waals surface area contributed by atoms with Crippen LogP contribution in [-0.4, -0.2) is 45.8 Å². The molecule has 0 radical (unpaired) electrons. The highest BCUT2D eigenvalue weighted by Gasteiger charge is 2.28. The Morgan fingerprint density at radius 1 is 1.16 bits per heavy atom. The number of benzene rings is 1. The zero-order valence-corrected chi connectivity index (χ0v) is 14.3. The van der Waals surface area contributed by atoms with Crippen molar-refractivity contribution >= 4 is 11.8 Å². The van der Waals surface area contributed by atoms with Crippen molar-refractivity contribution in [2.75, 3.05) is 13.1 Å². The molecule has 1 fully saturated rings. The summed E-state index contributed by atoms with van der Waals surface area (Å²) in [5, 5.41) is 2.87. The Morgan fingerprint density at radius 3 is 2.56 bits per heavy atom. The predicted molar refractivity (Wildman–Crippen MR) is 94.0 cm³/mol. The molecule has 2 aromatic rings. The Morgan fingerprint density at radius 2 is 1.88 bits per heavy atom. The second-order valence-corrected chi connectivity index (χ2v) is 6.24. The number of hydrogen-bond acceptors (Lipinski definition) is 4. The summed E-state index contributed by atoms with van der Waals surface area (Å²) in [5.41, 5.74) is 1.29. The lowest BCUT2D eigenvalue weighted by atomic mass is 10.0. The molecule has 1 saturated heterocycles. The highest BCUT2D eigenvalue weighted by atomic mass is 16.2. The molecule has 3 rings (SSSR count). The van der Waals surface area contributed by atoms with Crippen LogP contribution >= 0.6 is 0 Å². The fourth-order valence-electron chi connectivity index (χ4n) is 3.02. The van der Waals surface area contributed by atoms with Crippen LogP contribution in [0.3, 0.4) is 0 Å². The molecular weight excluding hydrogens is 316 g/mol. The zero-order valence-electron chi connectivity index (χ0n) is 14.3. The molecule has 1 aliphatic rings. The Balaban J connectivity index is 1.77. The van der Waals surface area contributed by atoms with Crippen molar-refractivity contribution in [1.82, 2.24) is 20.2 Å². The molecule has 6 heteroatoms. The van der Waals surface area contributed by atoms with Gasteiger partial charge in [-0.3, -0.25) is 9.59 Å². The summed E-state index contributed by atoms with van der Waals surface area (Å²) in [5.74, 6) is 0.151. The third kappa shape index (κ3) is 4.41. The summed E-state index contributed by atoms with van der Waals surface area (Å²) in [6.07, 6.45) is 4.05. The normalized spacial score (nSPS) is 15.0. The van der Waals surface area contributed by atoms with Gasteiger partial charge in [-0.05, 0) is 31.4 Å². The van der Waals surface area contributed by atoms with Crippen molar-refractivity contribution < 1.29 is 9.59 Å². The van der Waals surface area contributed by atoms with Crippen LogP contribution in [0, 0.1) is 6.92 Å². The van der Waals surface area contributed by atoms with Gasteiger partial charge in [-0.2, -0.15) is 0 Å². The minimum absolute atomic E-state index is 0.0273. The number of amides is 2. The van der Waals surface area contributed by atoms with Gasteiger partial charge < -0.3 is 10.2 Å². The molecule has 1 N–H and O–H groups in total. The Bertz CT molecular complexity index is 742. The average molecular weight is 338 g/mol. The fraction of sp³-hybridized carbons (Fsp3) is 0.368. The highest BCUT2D eigenvalue weighted by Crippen LogP contribution is 2.12. The van der Waals surface area contributed by atoms with Crippen LogP contribution in [0.1, 0.15) is 34.7 Å². The molecule has 1 atom stereocenters. The first-order valence-corrected chi connectivity index (χ1v) is 8.57. The molecule has 0 aliphatic carbocycles. The topological polar surface area (TPSA) is 75.2 Å². The number of hydrogen-bond donors (Lipinski definition) is 1. The smallest absolute Gasteiger partial charge is 0.270 e. The van der Waals surface area contributed by atoms with Gasteiger partial charge in [0.05, 0.1) is 0 Å². The average Bonchev–Trinajstić information content (AvgIpc) is 3.16. The summed E-state index contributed by atoms with van der Waals surface area (Å²) in [6, 6.07) is 10.7. The van der Waals surface area contributed by atoms with E-state index in [4.69, 9.17) is 0 Å². The SMILES string of the molecule is Cc1nccc(C(=O)N[C@H](Cc2ccccc2)C(=O)N2CCCC2)n1. The summed E-state index contributed by atoms with van der Waals surface area (Å²) in [4.78, 5) is 35.4. The van der Waals surface area contributed by atoms with Gasteiger partial charge in [-0.25, -0.2) is 9.97 Å². The minimum atomic E-state index is -0.594. The van der Waals surface area contributed by atoms with E-state index >= 15 is 0 Å². The van der Waals surface area contributed by atoms with Crippen molar-refractivity contribution in [2.45, 2.75) is 32.2 Å². The monoisotopic (exact) mass is 338 g/mol. The van der Waals surface area contributed by atoms with Crippen molar-refractivity contribution in [3.05, 3.63) is 59.7 Å². The van der Waals surface area contributed by atoms with E-state index in [2.05, 4.69) is 15.3 Å². The number of carbonyl (C=O) groups excluding carboxylic acids is 2. The van der Waals surface area contributed by atoms with Gasteiger partial charge >= 0.3 is 0 Å². The first-order chi connectivity index (χ1) is 12.1. The molecule has 130 valence electrons. The maximum Gasteiger partial charge on any atom is 0.270 e. The molecule has 0 saturated carbocycles. The van der Waals surface area contributed by atoms with Crippen LogP contribution in [0.15, 0.2) is 42.6 Å². The molecule has 25 heavy (non-hydrogen) atoms. The molecule has 2 heterocycles. The third-order valence-electron chi connectivity index (χ3n) is 4.31. The lowest BCUT2D eigenvalue weighted by Crippen LogP contribution is -2.49. The number of rotatable bonds is 5. The van der Waals surface area contributed by atoms with Crippen LogP contribution in [0.2, 0.25) is 0 Å². The number of nitrogens with zero attached hydrogens (tertiary/aromatic N) is 3. The van der Waals surface area contributed by atoms with Gasteiger partial charge in [0.1, 0.15) is 17.6 Å². The maximum atomic E-state index is 12.9. The maximum absolute atomic E-state index is 12.9. The number of aromatic nitrogens is 2. The number of likely N-dealkylation sites (tertiary alicyclic amines) is 1. The van der Waals surface area contributed by atoms with Gasteiger partial charge in [-0.15, -0.1) is 0 Å². The lowest BCUT2D eigenvalue weighted by Gasteiger charge is -2.24. The van der Waals surface area contributed by atoms with E-state index < -0.39 is 6.04 Å². The van der Waals surface area contributed by atoms with Crippen molar-refractivity contribution in [3.8, 4) is 0 Å². The fourth-order valence-corrected chi connectivity index (χ4v) is 3.02. The molecule has 1 aromatic heterocycles. The van der Waals surface area contributed by atoms with Crippen LogP contribution in [-0.2, 0) is 11.2 Å². The van der Waals surface area contributed by atoms with Gasteiger partial charge in [0, 0.05) is 25.7 Å². The van der Waals surface area contributed by atoms with Crippen LogP contribution in [0.5, 0.6) is 0 Å². The van der Waals surface area contributed by atoms with Crippen LogP contribution in [0.25, 0.3) is 0 Å². The summed E-state index contributed by atoms with van der Waals surface area (Å²) >= 11 is 0. The van der Waals surface area contributed by atoms with Gasteiger partial charge in [0.15, 0.2) is 0 Å². The first kappa shape index (κ1) is 17.1. The van der Waals surface area contributed by atoms with E-state index in [1.54, 1.807) is 19.2 Å². The van der Waals surface area contributed by atoms with Gasteiger partial charge in [-0.1, -0.05) is 30.3 Å². The second kappa shape index (κ2) is 7.88. The molecule has 1 aromatic carbocycles. The highest BCUT2D eigenvalue weighted by molar-refractivity contribution is 5.96. The number of aryl methyl sites for hydroxylation is 1.